The van der Waals surface area contributed by atoms with E-state index in [0.29, 0.717) is 27.4 Å². The number of amides is 2. The maximum Gasteiger partial charge on any atom is 0.417 e. The summed E-state index contributed by atoms with van der Waals surface area (Å²) < 4.78 is 70.9. The molecule has 0 aliphatic heterocycles. The standard InChI is InChI=1S/C36H36Cl2F3N3O4S/c1-4-25(3)42-35(46)33(20-26-10-6-5-7-11-26)43(22-27-12-8-9-13-31(27)37)34(45)23-44(49(47,48)29-17-14-24(2)15-18-29)28-16-19-32(38)30(21-28)36(39,40)41/h5-19,21,25,33H,4,20,22-23H2,1-3H3,(H,42,46)/t25-,33-/m1/s1. The van der Waals surface area contributed by atoms with Crippen molar-refractivity contribution in [1.82, 2.24) is 10.2 Å². The number of rotatable bonds is 13. The van der Waals surface area contributed by atoms with Gasteiger partial charge in [0.1, 0.15) is 12.6 Å². The third kappa shape index (κ3) is 9.55. The minimum absolute atomic E-state index is 0.0587. The molecule has 0 fully saturated rings. The number of halogens is 5. The van der Waals surface area contributed by atoms with Gasteiger partial charge in [-0.15, -0.1) is 0 Å². The maximum absolute atomic E-state index is 14.6. The highest BCUT2D eigenvalue weighted by Crippen LogP contribution is 2.38. The second-order valence-corrected chi connectivity index (χ2v) is 14.3. The lowest BCUT2D eigenvalue weighted by atomic mass is 10.0. The van der Waals surface area contributed by atoms with E-state index in [1.807, 2.05) is 13.8 Å². The van der Waals surface area contributed by atoms with Gasteiger partial charge in [0.05, 0.1) is 21.2 Å². The quantitative estimate of drug-likeness (QED) is 0.151. The number of nitrogens with one attached hydrogen (secondary N) is 1. The Morgan fingerprint density at radius 1 is 0.878 bits per heavy atom. The predicted octanol–water partition coefficient (Wildman–Crippen LogP) is 8.07. The lowest BCUT2D eigenvalue weighted by Gasteiger charge is -2.34. The number of carbonyl (C=O) groups excluding carboxylic acids is 2. The van der Waals surface area contributed by atoms with E-state index >= 15 is 0 Å². The summed E-state index contributed by atoms with van der Waals surface area (Å²) in [5, 5.41) is 2.59. The van der Waals surface area contributed by atoms with Crippen molar-refractivity contribution in [3.63, 3.8) is 0 Å². The summed E-state index contributed by atoms with van der Waals surface area (Å²) in [6.07, 6.45) is -4.26. The molecule has 0 unspecified atom stereocenters. The third-order valence-electron chi connectivity index (χ3n) is 8.00. The lowest BCUT2D eigenvalue weighted by Crippen LogP contribution is -2.54. The smallest absolute Gasteiger partial charge is 0.352 e. The molecule has 4 aromatic rings. The van der Waals surface area contributed by atoms with Crippen molar-refractivity contribution in [2.45, 2.75) is 63.3 Å². The summed E-state index contributed by atoms with van der Waals surface area (Å²) in [6.45, 7) is 4.31. The molecule has 4 aromatic carbocycles. The van der Waals surface area contributed by atoms with Crippen molar-refractivity contribution in [3.8, 4) is 0 Å². The van der Waals surface area contributed by atoms with Crippen LogP contribution in [0, 0.1) is 6.92 Å². The van der Waals surface area contributed by atoms with E-state index in [0.717, 1.165) is 23.3 Å². The molecule has 0 bridgehead atoms. The first kappa shape index (κ1) is 37.8. The number of alkyl halides is 3. The Bertz CT molecular complexity index is 1870. The maximum atomic E-state index is 14.6. The Morgan fingerprint density at radius 2 is 1.51 bits per heavy atom. The van der Waals surface area contributed by atoms with E-state index in [4.69, 9.17) is 23.2 Å². The average molecular weight is 735 g/mol. The van der Waals surface area contributed by atoms with E-state index in [1.54, 1.807) is 61.5 Å². The van der Waals surface area contributed by atoms with Crippen molar-refractivity contribution < 1.29 is 31.2 Å². The van der Waals surface area contributed by atoms with Crippen molar-refractivity contribution in [1.29, 1.82) is 0 Å². The third-order valence-corrected chi connectivity index (χ3v) is 10.5. The molecular weight excluding hydrogens is 698 g/mol. The van der Waals surface area contributed by atoms with Crippen LogP contribution in [0.15, 0.2) is 102 Å². The number of sulfonamides is 1. The van der Waals surface area contributed by atoms with Crippen LogP contribution in [0.5, 0.6) is 0 Å². The molecular formula is C36H36Cl2F3N3O4S. The van der Waals surface area contributed by atoms with Gasteiger partial charge in [-0.3, -0.25) is 13.9 Å². The molecule has 1 N–H and O–H groups in total. The first-order valence-electron chi connectivity index (χ1n) is 15.4. The zero-order valence-corrected chi connectivity index (χ0v) is 29.4. The molecule has 0 saturated carbocycles. The Kier molecular flexibility index (Phi) is 12.4. The first-order chi connectivity index (χ1) is 23.1. The topological polar surface area (TPSA) is 86.8 Å². The highest BCUT2D eigenvalue weighted by atomic mass is 35.5. The average Bonchev–Trinajstić information content (AvgIpc) is 3.06. The van der Waals surface area contributed by atoms with Gasteiger partial charge in [0.15, 0.2) is 0 Å². The zero-order chi connectivity index (χ0) is 35.9. The van der Waals surface area contributed by atoms with Gasteiger partial charge in [-0.1, -0.05) is 96.4 Å². The minimum atomic E-state index is -4.92. The Hall–Kier alpha value is -4.06. The van der Waals surface area contributed by atoms with Crippen LogP contribution in [0.1, 0.15) is 42.5 Å². The molecule has 4 rings (SSSR count). The molecule has 49 heavy (non-hydrogen) atoms. The van der Waals surface area contributed by atoms with Crippen LogP contribution in [-0.2, 0) is 38.8 Å². The fourth-order valence-electron chi connectivity index (χ4n) is 5.06. The van der Waals surface area contributed by atoms with Crippen LogP contribution in [0.2, 0.25) is 10.0 Å². The molecule has 0 aliphatic rings. The van der Waals surface area contributed by atoms with Gasteiger partial charge in [0.2, 0.25) is 11.8 Å². The largest absolute Gasteiger partial charge is 0.417 e. The molecule has 7 nitrogen and oxygen atoms in total. The molecule has 2 atom stereocenters. The van der Waals surface area contributed by atoms with E-state index in [1.165, 1.54) is 29.2 Å². The summed E-state index contributed by atoms with van der Waals surface area (Å²) in [7, 11) is -4.63. The molecule has 0 aliphatic carbocycles. The number of aryl methyl sites for hydroxylation is 1. The molecule has 0 aromatic heterocycles. The molecule has 0 radical (unpaired) electrons. The normalized spacial score (nSPS) is 13.0. The molecule has 2 amide bonds. The Labute approximate surface area is 294 Å². The summed E-state index contributed by atoms with van der Waals surface area (Å²) in [4.78, 5) is 29.5. The van der Waals surface area contributed by atoms with Crippen molar-refractivity contribution in [2.24, 2.45) is 0 Å². The number of hydrogen-bond donors (Lipinski definition) is 1. The summed E-state index contributed by atoms with van der Waals surface area (Å²) in [5.41, 5.74) is 0.235. The van der Waals surface area contributed by atoms with Gasteiger partial charge in [0, 0.05) is 24.0 Å². The zero-order valence-electron chi connectivity index (χ0n) is 27.0. The Morgan fingerprint density at radius 3 is 2.12 bits per heavy atom. The lowest BCUT2D eigenvalue weighted by molar-refractivity contribution is -0.140. The number of benzene rings is 4. The van der Waals surface area contributed by atoms with Gasteiger partial charge in [-0.2, -0.15) is 13.2 Å². The second-order valence-electron chi connectivity index (χ2n) is 11.6. The predicted molar refractivity (Wildman–Crippen MR) is 186 cm³/mol. The molecule has 13 heteroatoms. The van der Waals surface area contributed by atoms with Crippen LogP contribution in [0.3, 0.4) is 0 Å². The molecule has 0 heterocycles. The van der Waals surface area contributed by atoms with Crippen molar-refractivity contribution in [2.75, 3.05) is 10.8 Å². The minimum Gasteiger partial charge on any atom is -0.352 e. The summed E-state index contributed by atoms with van der Waals surface area (Å²) in [6, 6.07) is 22.6. The van der Waals surface area contributed by atoms with Gasteiger partial charge in [0.25, 0.3) is 10.0 Å². The van der Waals surface area contributed by atoms with Gasteiger partial charge in [-0.25, -0.2) is 8.42 Å². The fraction of sp³-hybridized carbons (Fsp3) is 0.278. The molecule has 260 valence electrons. The first-order valence-corrected chi connectivity index (χ1v) is 17.6. The summed E-state index contributed by atoms with van der Waals surface area (Å²) >= 11 is 12.4. The fourth-order valence-corrected chi connectivity index (χ4v) is 6.88. The number of anilines is 1. The van der Waals surface area contributed by atoms with Crippen LogP contribution in [0.4, 0.5) is 18.9 Å². The van der Waals surface area contributed by atoms with E-state index in [2.05, 4.69) is 5.32 Å². The van der Waals surface area contributed by atoms with E-state index in [9.17, 15) is 31.2 Å². The number of carbonyl (C=O) groups is 2. The monoisotopic (exact) mass is 733 g/mol. The summed E-state index contributed by atoms with van der Waals surface area (Å²) in [5.74, 6) is -1.34. The highest BCUT2D eigenvalue weighted by Gasteiger charge is 2.38. The second kappa shape index (κ2) is 16.1. The van der Waals surface area contributed by atoms with Crippen LogP contribution in [-0.4, -0.2) is 43.8 Å². The molecule has 0 saturated heterocycles. The SMILES string of the molecule is CC[C@@H](C)NC(=O)[C@@H](Cc1ccccc1)N(Cc1ccccc1Cl)C(=O)CN(c1ccc(Cl)c(C(F)(F)F)c1)S(=O)(=O)c1ccc(C)cc1. The van der Waals surface area contributed by atoms with Gasteiger partial charge in [-0.05, 0) is 67.8 Å². The number of hydrogen-bond acceptors (Lipinski definition) is 4. The van der Waals surface area contributed by atoms with E-state index < -0.39 is 56.9 Å². The highest BCUT2D eigenvalue weighted by molar-refractivity contribution is 7.92. The van der Waals surface area contributed by atoms with Crippen LogP contribution >= 0.6 is 23.2 Å². The molecule has 0 spiro atoms. The number of nitrogens with zero attached hydrogens (tertiary/aromatic N) is 2. The van der Waals surface area contributed by atoms with Crippen LogP contribution < -0.4 is 9.62 Å². The van der Waals surface area contributed by atoms with Gasteiger partial charge >= 0.3 is 6.18 Å². The Balaban J connectivity index is 1.88. The van der Waals surface area contributed by atoms with Crippen LogP contribution in [0.25, 0.3) is 0 Å². The van der Waals surface area contributed by atoms with Gasteiger partial charge < -0.3 is 10.2 Å². The van der Waals surface area contributed by atoms with Crippen molar-refractivity contribution >= 4 is 50.7 Å². The van der Waals surface area contributed by atoms with Crippen molar-refractivity contribution in [3.05, 3.63) is 129 Å². The van der Waals surface area contributed by atoms with E-state index in [-0.39, 0.29) is 23.9 Å².